The van der Waals surface area contributed by atoms with Gasteiger partial charge in [0.2, 0.25) is 0 Å². The summed E-state index contributed by atoms with van der Waals surface area (Å²) >= 11 is 0. The van der Waals surface area contributed by atoms with Crippen LogP contribution in [-0.4, -0.2) is 71.3 Å². The number of rotatable bonds is 17. The van der Waals surface area contributed by atoms with Crippen LogP contribution in [0.4, 0.5) is 0 Å². The second kappa shape index (κ2) is 15.9. The van der Waals surface area contributed by atoms with E-state index in [4.69, 9.17) is 9.47 Å². The number of nitrogens with one attached hydrogen (secondary N) is 1. The van der Waals surface area contributed by atoms with Gasteiger partial charge in [-0.05, 0) is 74.5 Å². The molecule has 45 heavy (non-hydrogen) atoms. The van der Waals surface area contributed by atoms with Gasteiger partial charge < -0.3 is 35.2 Å². The molecular formula is C37H54N2O6. The Morgan fingerprint density at radius 3 is 2.73 bits per heavy atom. The maximum Gasteiger partial charge on any atom is 0.181 e. The van der Waals surface area contributed by atoms with E-state index in [1.54, 1.807) is 13.0 Å². The van der Waals surface area contributed by atoms with E-state index in [1.807, 2.05) is 30.5 Å². The average Bonchev–Trinajstić information content (AvgIpc) is 3.85. The number of aliphatic hydroxyl groups is 3. The van der Waals surface area contributed by atoms with Crippen LogP contribution in [-0.2, 0) is 11.2 Å². The first-order valence-electron chi connectivity index (χ1n) is 17.3. The summed E-state index contributed by atoms with van der Waals surface area (Å²) in [6, 6.07) is 5.90. The number of hydrogen-bond donors (Lipinski definition) is 5. The van der Waals surface area contributed by atoms with Gasteiger partial charge in [0.15, 0.2) is 29.9 Å². The lowest BCUT2D eigenvalue weighted by molar-refractivity contribution is 0.103. The number of aromatic hydroxyl groups is 1. The molecule has 8 heteroatoms. The lowest BCUT2D eigenvalue weighted by atomic mass is 9.68. The molecule has 1 spiro atoms. The van der Waals surface area contributed by atoms with Gasteiger partial charge in [-0.3, -0.25) is 0 Å². The minimum Gasteiger partial charge on any atom is -0.504 e. The lowest BCUT2D eigenvalue weighted by Gasteiger charge is -2.35. The Labute approximate surface area is 269 Å². The third-order valence-electron chi connectivity index (χ3n) is 10.4. The van der Waals surface area contributed by atoms with E-state index >= 15 is 0 Å². The van der Waals surface area contributed by atoms with E-state index in [0.29, 0.717) is 42.5 Å². The number of nitrogens with zero attached hydrogens (tertiary/aromatic N) is 1. The molecule has 2 saturated carbocycles. The standard InChI is InChI=1S/C37H54N2O6/c1-3-4-9-35-28(23-40)18-29(45-35)12-10-26-11-13-33(42)36(17-26)44-24-34(43)32-19-27(21-39-32)30(22-38-20-25(2)41)31-8-7-16-37(31)14-5-6-15-37/h11,13,17-19,21,25,30-31,34-35,38,40-43H,3-10,12,14-16,20,22-24H2,1-2H3/t25-,30-,31-,34-,35?/m0/s1. The number of aryl methyl sites for hydroxylation is 1. The van der Waals surface area contributed by atoms with E-state index in [2.05, 4.69) is 17.2 Å². The first-order chi connectivity index (χ1) is 21.8. The molecule has 2 aliphatic carbocycles. The van der Waals surface area contributed by atoms with Crippen molar-refractivity contribution in [3.8, 4) is 11.5 Å². The van der Waals surface area contributed by atoms with Crippen molar-refractivity contribution in [1.29, 1.82) is 0 Å². The first kappa shape index (κ1) is 33.9. The number of ether oxygens (including phenoxy) is 2. The largest absolute Gasteiger partial charge is 0.504 e. The molecule has 1 aromatic rings. The SMILES string of the molecule is CCCCC1O[C-](CCc2ccc(O)c(OC[C@H](O)[C+]3C=C([C@H](CNC[C@H](C)O)[C@@H]4CCCC45CCCC5)C=N3)c2)C=C1CO. The molecule has 2 aliphatic heterocycles. The van der Waals surface area contributed by atoms with Crippen molar-refractivity contribution in [1.82, 2.24) is 5.32 Å². The van der Waals surface area contributed by atoms with Crippen molar-refractivity contribution in [3.63, 3.8) is 0 Å². The van der Waals surface area contributed by atoms with Gasteiger partial charge >= 0.3 is 0 Å². The van der Waals surface area contributed by atoms with Gasteiger partial charge in [-0.15, -0.1) is 4.99 Å². The zero-order valence-corrected chi connectivity index (χ0v) is 27.2. The minimum atomic E-state index is -0.929. The Balaban J connectivity index is 1.17. The number of benzene rings is 1. The van der Waals surface area contributed by atoms with Crippen molar-refractivity contribution in [3.05, 3.63) is 59.2 Å². The number of phenolic OH excluding ortho intramolecular Hbond substituents is 1. The van der Waals surface area contributed by atoms with Crippen molar-refractivity contribution >= 4 is 6.21 Å². The van der Waals surface area contributed by atoms with Crippen molar-refractivity contribution in [2.45, 2.75) is 109 Å². The smallest absolute Gasteiger partial charge is 0.181 e. The van der Waals surface area contributed by atoms with Gasteiger partial charge in [-0.1, -0.05) is 57.6 Å². The van der Waals surface area contributed by atoms with Gasteiger partial charge in [-0.25, -0.2) is 0 Å². The number of unbranched alkanes of at least 4 members (excludes halogenated alkanes) is 1. The summed E-state index contributed by atoms with van der Waals surface area (Å²) in [7, 11) is 0. The topological polar surface area (TPSA) is 124 Å². The molecule has 248 valence electrons. The monoisotopic (exact) mass is 622 g/mol. The Morgan fingerprint density at radius 2 is 1.98 bits per heavy atom. The zero-order chi connectivity index (χ0) is 31.8. The highest BCUT2D eigenvalue weighted by Crippen LogP contribution is 2.57. The van der Waals surface area contributed by atoms with E-state index in [-0.39, 0.29) is 31.0 Å². The van der Waals surface area contributed by atoms with Crippen molar-refractivity contribution in [2.24, 2.45) is 22.2 Å². The summed E-state index contributed by atoms with van der Waals surface area (Å²) in [5.41, 5.74) is 3.49. The molecule has 5 N–H and O–H groups in total. The van der Waals surface area contributed by atoms with Crippen LogP contribution in [0, 0.1) is 29.4 Å². The predicted molar refractivity (Wildman–Crippen MR) is 177 cm³/mol. The number of phenols is 1. The maximum atomic E-state index is 11.1. The summed E-state index contributed by atoms with van der Waals surface area (Å²) in [5.74, 6) is 1.22. The minimum absolute atomic E-state index is 0.0129. The van der Waals surface area contributed by atoms with Crippen LogP contribution in [0.2, 0.25) is 0 Å². The zero-order valence-electron chi connectivity index (χ0n) is 27.2. The predicted octanol–water partition coefficient (Wildman–Crippen LogP) is 5.59. The summed E-state index contributed by atoms with van der Waals surface area (Å²) in [4.78, 5) is 4.62. The van der Waals surface area contributed by atoms with Crippen molar-refractivity contribution < 1.29 is 29.9 Å². The highest BCUT2D eigenvalue weighted by molar-refractivity contribution is 5.84. The molecule has 0 radical (unpaired) electrons. The Kier molecular flexibility index (Phi) is 11.9. The van der Waals surface area contributed by atoms with Gasteiger partial charge in [0, 0.05) is 25.8 Å². The normalized spacial score (nSPS) is 24.4. The van der Waals surface area contributed by atoms with Gasteiger partial charge in [-0.2, -0.15) is 11.6 Å². The summed E-state index contributed by atoms with van der Waals surface area (Å²) < 4.78 is 12.0. The van der Waals surface area contributed by atoms with E-state index < -0.39 is 12.2 Å². The fourth-order valence-electron chi connectivity index (χ4n) is 8.07. The molecule has 2 heterocycles. The summed E-state index contributed by atoms with van der Waals surface area (Å²) in [5, 5.41) is 44.6. The fourth-order valence-corrected chi connectivity index (χ4v) is 8.07. The van der Waals surface area contributed by atoms with E-state index in [1.165, 1.54) is 44.9 Å². The molecule has 0 saturated heterocycles. The number of aliphatic hydroxyl groups excluding tert-OH is 3. The molecule has 0 bridgehead atoms. The van der Waals surface area contributed by atoms with Crippen LogP contribution in [0.5, 0.6) is 11.5 Å². The molecule has 5 rings (SSSR count). The molecule has 0 amide bonds. The molecule has 4 aliphatic rings. The molecule has 1 aromatic carbocycles. The lowest BCUT2D eigenvalue weighted by Crippen LogP contribution is -2.38. The summed E-state index contributed by atoms with van der Waals surface area (Å²) in [6.45, 7) is 5.29. The van der Waals surface area contributed by atoms with Gasteiger partial charge in [0.25, 0.3) is 0 Å². The molecule has 2 fully saturated rings. The Morgan fingerprint density at radius 1 is 1.18 bits per heavy atom. The Bertz CT molecular complexity index is 1180. The highest BCUT2D eigenvalue weighted by atomic mass is 16.5. The van der Waals surface area contributed by atoms with Crippen LogP contribution in [0.15, 0.2) is 46.5 Å². The van der Waals surface area contributed by atoms with E-state index in [9.17, 15) is 20.4 Å². The molecular weight excluding hydrogens is 568 g/mol. The molecule has 0 aromatic heterocycles. The van der Waals surface area contributed by atoms with Crippen LogP contribution in [0.25, 0.3) is 0 Å². The molecule has 8 nitrogen and oxygen atoms in total. The van der Waals surface area contributed by atoms with Crippen LogP contribution < -0.4 is 10.1 Å². The third-order valence-corrected chi connectivity index (χ3v) is 10.4. The molecule has 5 atom stereocenters. The number of hydrogen-bond acceptors (Lipinski definition) is 8. The van der Waals surface area contributed by atoms with Gasteiger partial charge in [0.1, 0.15) is 12.2 Å². The third kappa shape index (κ3) is 8.46. The quantitative estimate of drug-likeness (QED) is 0.144. The Hall–Kier alpha value is -2.49. The first-order valence-corrected chi connectivity index (χ1v) is 17.3. The van der Waals surface area contributed by atoms with Crippen LogP contribution in [0.3, 0.4) is 0 Å². The molecule has 1 unspecified atom stereocenters. The second-order valence-electron chi connectivity index (χ2n) is 13.7. The maximum absolute atomic E-state index is 11.1. The fraction of sp³-hybridized carbons (Fsp3) is 0.649. The number of aliphatic imine (C=N–C) groups is 1. The summed E-state index contributed by atoms with van der Waals surface area (Å²) in [6.07, 6.45) is 18.9. The van der Waals surface area contributed by atoms with Crippen molar-refractivity contribution in [2.75, 3.05) is 26.3 Å². The highest BCUT2D eigenvalue weighted by Gasteiger charge is 2.50. The average molecular weight is 623 g/mol. The van der Waals surface area contributed by atoms with Crippen LogP contribution in [0.1, 0.15) is 90.0 Å². The second-order valence-corrected chi connectivity index (χ2v) is 13.7. The van der Waals surface area contributed by atoms with Crippen LogP contribution >= 0.6 is 0 Å². The van der Waals surface area contributed by atoms with E-state index in [0.717, 1.165) is 48.6 Å². The van der Waals surface area contributed by atoms with Gasteiger partial charge in [0.05, 0.1) is 18.1 Å².